The summed E-state index contributed by atoms with van der Waals surface area (Å²) in [5, 5.41) is 10.3. The van der Waals surface area contributed by atoms with Gasteiger partial charge in [-0.05, 0) is 114 Å². The molecule has 1 heteroatoms. The fraction of sp³-hybridized carbons (Fsp3) is 0.0566. The number of hydrogen-bond acceptors (Lipinski definition) is 1. The Labute approximate surface area is 316 Å². The Morgan fingerprint density at radius 1 is 0.444 bits per heavy atom. The molecule has 0 aromatic heterocycles. The maximum Gasteiger partial charge on any atom is 0.0467 e. The van der Waals surface area contributed by atoms with Crippen molar-refractivity contribution >= 4 is 54.5 Å². The number of fused-ring (bicyclic) bond motifs is 7. The van der Waals surface area contributed by atoms with Gasteiger partial charge in [-0.15, -0.1) is 0 Å². The minimum absolute atomic E-state index is 0.0435. The lowest BCUT2D eigenvalue weighted by Gasteiger charge is -2.33. The number of anilines is 2. The summed E-state index contributed by atoms with van der Waals surface area (Å²) in [5.74, 6) is 0. The summed E-state index contributed by atoms with van der Waals surface area (Å²) in [4.78, 5) is 2.40. The van der Waals surface area contributed by atoms with Gasteiger partial charge in [0.1, 0.15) is 0 Å². The van der Waals surface area contributed by atoms with Crippen LogP contribution in [-0.2, 0) is 5.41 Å². The molecule has 1 nitrogen and oxygen atoms in total. The zero-order valence-electron chi connectivity index (χ0n) is 30.3. The first-order chi connectivity index (χ1) is 26.6. The summed E-state index contributed by atoms with van der Waals surface area (Å²) in [6.07, 6.45) is 8.01. The van der Waals surface area contributed by atoms with Crippen molar-refractivity contribution in [2.75, 3.05) is 4.90 Å². The van der Waals surface area contributed by atoms with E-state index in [2.05, 4.69) is 218 Å². The van der Waals surface area contributed by atoms with E-state index in [-0.39, 0.29) is 5.41 Å². The highest BCUT2D eigenvalue weighted by molar-refractivity contribution is 6.28. The van der Waals surface area contributed by atoms with Gasteiger partial charge >= 0.3 is 0 Å². The van der Waals surface area contributed by atoms with Crippen LogP contribution in [0.3, 0.4) is 0 Å². The number of rotatable bonds is 6. The van der Waals surface area contributed by atoms with E-state index in [0.29, 0.717) is 0 Å². The number of benzene rings is 9. The SMILES string of the molecule is CC1(c2ccccc2)C=CC(N(c2ccc(-c3cccc(-c4cccc5c6ccccc6c6ccccc6c45)c3)cc2)c2ccc3ccccc3c2)=CC1. The first-order valence-corrected chi connectivity index (χ1v) is 18.9. The second-order valence-electron chi connectivity index (χ2n) is 14.8. The van der Waals surface area contributed by atoms with E-state index in [0.717, 1.165) is 17.8 Å². The second kappa shape index (κ2) is 13.1. The standard InChI is InChI=1S/C53H39N/c1-53(42-17-3-2-4-18-42)33-31-44(32-34-53)54(45-30-27-37-13-5-6-14-40(37)36-45)43-28-25-38(26-29-43)39-15-11-16-41(35-39)46-23-12-24-51-49-20-8-7-19-47(49)48-21-9-10-22-50(48)52(46)51/h2-33,35-36H,34H2,1H3. The third kappa shape index (κ3) is 5.49. The van der Waals surface area contributed by atoms with E-state index in [9.17, 15) is 0 Å². The lowest BCUT2D eigenvalue weighted by Crippen LogP contribution is -2.24. The molecule has 0 fully saturated rings. The van der Waals surface area contributed by atoms with Crippen molar-refractivity contribution in [2.24, 2.45) is 0 Å². The molecule has 0 saturated heterocycles. The van der Waals surface area contributed by atoms with Gasteiger partial charge in [0.15, 0.2) is 0 Å². The molecule has 0 bridgehead atoms. The molecule has 1 atom stereocenters. The van der Waals surface area contributed by atoms with Crippen molar-refractivity contribution in [3.63, 3.8) is 0 Å². The molecule has 0 spiro atoms. The fourth-order valence-corrected chi connectivity index (χ4v) is 8.55. The smallest absolute Gasteiger partial charge is 0.0467 e. The Morgan fingerprint density at radius 2 is 1.04 bits per heavy atom. The van der Waals surface area contributed by atoms with Gasteiger partial charge in [0.25, 0.3) is 0 Å². The van der Waals surface area contributed by atoms with Crippen LogP contribution >= 0.6 is 0 Å². The zero-order chi connectivity index (χ0) is 36.1. The molecule has 0 amide bonds. The highest BCUT2D eigenvalue weighted by Gasteiger charge is 2.27. The van der Waals surface area contributed by atoms with Gasteiger partial charge in [-0.3, -0.25) is 0 Å². The first kappa shape index (κ1) is 32.0. The summed E-state index contributed by atoms with van der Waals surface area (Å²) in [5.41, 5.74) is 9.64. The van der Waals surface area contributed by atoms with E-state index in [4.69, 9.17) is 0 Å². The van der Waals surface area contributed by atoms with E-state index < -0.39 is 0 Å². The van der Waals surface area contributed by atoms with Crippen LogP contribution in [0.5, 0.6) is 0 Å². The monoisotopic (exact) mass is 689 g/mol. The molecule has 1 aliphatic carbocycles. The van der Waals surface area contributed by atoms with Crippen molar-refractivity contribution < 1.29 is 0 Å². The van der Waals surface area contributed by atoms with Gasteiger partial charge in [-0.25, -0.2) is 0 Å². The minimum Gasteiger partial charge on any atom is -0.311 e. The lowest BCUT2D eigenvalue weighted by atomic mass is 9.77. The maximum absolute atomic E-state index is 2.40. The Balaban J connectivity index is 1.04. The van der Waals surface area contributed by atoms with Crippen molar-refractivity contribution in [2.45, 2.75) is 18.8 Å². The molecule has 0 saturated carbocycles. The van der Waals surface area contributed by atoms with Crippen LogP contribution in [0.1, 0.15) is 18.9 Å². The number of nitrogens with zero attached hydrogens (tertiary/aromatic N) is 1. The Bertz CT molecular complexity index is 2870. The van der Waals surface area contributed by atoms with E-state index in [1.807, 2.05) is 0 Å². The molecule has 0 heterocycles. The minimum atomic E-state index is -0.0435. The third-order valence-electron chi connectivity index (χ3n) is 11.4. The quantitative estimate of drug-likeness (QED) is 0.157. The fourth-order valence-electron chi connectivity index (χ4n) is 8.55. The number of hydrogen-bond donors (Lipinski definition) is 0. The van der Waals surface area contributed by atoms with Crippen molar-refractivity contribution in [3.05, 3.63) is 218 Å². The normalized spacial score (nSPS) is 15.5. The van der Waals surface area contributed by atoms with Gasteiger partial charge in [-0.1, -0.05) is 177 Å². The third-order valence-corrected chi connectivity index (χ3v) is 11.4. The van der Waals surface area contributed by atoms with Gasteiger partial charge in [0.05, 0.1) is 0 Å². The Hall–Kier alpha value is -6.70. The maximum atomic E-state index is 2.40. The predicted molar refractivity (Wildman–Crippen MR) is 232 cm³/mol. The van der Waals surface area contributed by atoms with Crippen LogP contribution in [0.15, 0.2) is 212 Å². The average molecular weight is 690 g/mol. The molecular formula is C53H39N. The van der Waals surface area contributed by atoms with Crippen molar-refractivity contribution in [1.29, 1.82) is 0 Å². The molecule has 9 aromatic carbocycles. The molecular weight excluding hydrogens is 651 g/mol. The van der Waals surface area contributed by atoms with Crippen LogP contribution in [-0.4, -0.2) is 0 Å². The summed E-state index contributed by atoms with van der Waals surface area (Å²) < 4.78 is 0. The molecule has 256 valence electrons. The highest BCUT2D eigenvalue weighted by atomic mass is 15.1. The molecule has 0 N–H and O–H groups in total. The summed E-state index contributed by atoms with van der Waals surface area (Å²) in [6, 6.07) is 68.8. The van der Waals surface area contributed by atoms with Gasteiger partial charge in [-0.2, -0.15) is 0 Å². The van der Waals surface area contributed by atoms with Crippen LogP contribution < -0.4 is 4.90 Å². The van der Waals surface area contributed by atoms with Crippen molar-refractivity contribution in [3.8, 4) is 22.3 Å². The van der Waals surface area contributed by atoms with E-state index in [1.165, 1.54) is 76.6 Å². The highest BCUT2D eigenvalue weighted by Crippen LogP contribution is 2.42. The van der Waals surface area contributed by atoms with Crippen molar-refractivity contribution in [1.82, 2.24) is 0 Å². The summed E-state index contributed by atoms with van der Waals surface area (Å²) >= 11 is 0. The average Bonchev–Trinajstić information content (AvgIpc) is 3.25. The van der Waals surface area contributed by atoms with Gasteiger partial charge in [0.2, 0.25) is 0 Å². The lowest BCUT2D eigenvalue weighted by molar-refractivity contribution is 0.595. The molecule has 54 heavy (non-hydrogen) atoms. The largest absolute Gasteiger partial charge is 0.311 e. The van der Waals surface area contributed by atoms with Gasteiger partial charge < -0.3 is 4.90 Å². The predicted octanol–water partition coefficient (Wildman–Crippen LogP) is 14.6. The topological polar surface area (TPSA) is 3.24 Å². The second-order valence-corrected chi connectivity index (χ2v) is 14.8. The molecule has 1 unspecified atom stereocenters. The summed E-state index contributed by atoms with van der Waals surface area (Å²) in [6.45, 7) is 2.33. The van der Waals surface area contributed by atoms with Crippen LogP contribution in [0.4, 0.5) is 11.4 Å². The van der Waals surface area contributed by atoms with Crippen LogP contribution in [0.25, 0.3) is 65.3 Å². The van der Waals surface area contributed by atoms with Gasteiger partial charge in [0, 0.05) is 22.5 Å². The summed E-state index contributed by atoms with van der Waals surface area (Å²) in [7, 11) is 0. The van der Waals surface area contributed by atoms with Crippen LogP contribution in [0.2, 0.25) is 0 Å². The molecule has 0 aliphatic heterocycles. The Morgan fingerprint density at radius 3 is 1.76 bits per heavy atom. The van der Waals surface area contributed by atoms with Crippen LogP contribution in [0, 0.1) is 0 Å². The molecule has 9 aromatic rings. The molecule has 10 rings (SSSR count). The molecule has 0 radical (unpaired) electrons. The zero-order valence-corrected chi connectivity index (χ0v) is 30.3. The van der Waals surface area contributed by atoms with E-state index in [1.54, 1.807) is 0 Å². The van der Waals surface area contributed by atoms with E-state index >= 15 is 0 Å². The first-order valence-electron chi connectivity index (χ1n) is 18.9. The number of allylic oxidation sites excluding steroid dienone is 3. The molecule has 1 aliphatic rings. The Kier molecular flexibility index (Phi) is 7.74.